The smallest absolute Gasteiger partial charge is 0.261 e. The Morgan fingerprint density at radius 2 is 1.83 bits per heavy atom. The fraction of sp³-hybridized carbons (Fsp3) is 0.174. The van der Waals surface area contributed by atoms with Gasteiger partial charge in [0, 0.05) is 30.7 Å². The summed E-state index contributed by atoms with van der Waals surface area (Å²) >= 11 is 0. The molecule has 2 heterocycles. The van der Waals surface area contributed by atoms with Crippen molar-refractivity contribution in [3.63, 3.8) is 0 Å². The molecule has 0 fully saturated rings. The number of nitrogens with zero attached hydrogens (tertiary/aromatic N) is 1. The largest absolute Gasteiger partial charge is 0.462 e. The third-order valence-electron chi connectivity index (χ3n) is 4.77. The van der Waals surface area contributed by atoms with Crippen molar-refractivity contribution in [2.45, 2.75) is 25.7 Å². The summed E-state index contributed by atoms with van der Waals surface area (Å²) < 4.78 is 5.87. The summed E-state index contributed by atoms with van der Waals surface area (Å²) in [7, 11) is 0. The third-order valence-corrected chi connectivity index (χ3v) is 4.77. The second kappa shape index (κ2) is 8.56. The van der Waals surface area contributed by atoms with Crippen molar-refractivity contribution in [3.8, 4) is 16.9 Å². The fourth-order valence-corrected chi connectivity index (χ4v) is 3.22. The maximum atomic E-state index is 12.6. The summed E-state index contributed by atoms with van der Waals surface area (Å²) in [5.74, 6) is 1.26. The maximum Gasteiger partial charge on any atom is 0.261 e. The highest BCUT2D eigenvalue weighted by Gasteiger charge is 2.13. The van der Waals surface area contributed by atoms with Crippen LogP contribution in [0.2, 0.25) is 0 Å². The van der Waals surface area contributed by atoms with Crippen LogP contribution in [0.15, 0.2) is 77.7 Å². The van der Waals surface area contributed by atoms with E-state index in [1.54, 1.807) is 36.8 Å². The van der Waals surface area contributed by atoms with Crippen molar-refractivity contribution in [1.82, 2.24) is 9.97 Å². The van der Waals surface area contributed by atoms with Crippen LogP contribution in [-0.4, -0.2) is 15.9 Å². The molecule has 0 spiro atoms. The highest BCUT2D eigenvalue weighted by molar-refractivity contribution is 6.04. The van der Waals surface area contributed by atoms with E-state index in [2.05, 4.69) is 21.4 Å². The Morgan fingerprint density at radius 3 is 2.55 bits per heavy atom. The van der Waals surface area contributed by atoms with Gasteiger partial charge in [0.05, 0.1) is 0 Å². The Labute approximate surface area is 168 Å². The van der Waals surface area contributed by atoms with Gasteiger partial charge in [-0.2, -0.15) is 0 Å². The predicted molar refractivity (Wildman–Crippen MR) is 112 cm³/mol. The number of hydrogen-bond donors (Lipinski definition) is 2. The molecule has 6 heteroatoms. The van der Waals surface area contributed by atoms with Crippen LogP contribution in [0.5, 0.6) is 5.75 Å². The second-order valence-electron chi connectivity index (χ2n) is 6.86. The van der Waals surface area contributed by atoms with E-state index in [0.717, 1.165) is 41.9 Å². The molecule has 0 radical (unpaired) electrons. The van der Waals surface area contributed by atoms with Crippen LogP contribution in [0, 0.1) is 0 Å². The molecule has 0 saturated heterocycles. The summed E-state index contributed by atoms with van der Waals surface area (Å²) in [4.78, 5) is 31.4. The lowest BCUT2D eigenvalue weighted by Crippen LogP contribution is -2.22. The van der Waals surface area contributed by atoms with E-state index >= 15 is 0 Å². The van der Waals surface area contributed by atoms with Crippen molar-refractivity contribution < 1.29 is 9.53 Å². The number of aromatic nitrogens is 2. The number of nitrogens with one attached hydrogen (secondary N) is 2. The first-order valence-corrected chi connectivity index (χ1v) is 9.60. The Balaban J connectivity index is 1.48. The summed E-state index contributed by atoms with van der Waals surface area (Å²) in [5, 5.41) is 2.77. The van der Waals surface area contributed by atoms with E-state index in [0.29, 0.717) is 5.69 Å². The molecule has 1 aliphatic carbocycles. The highest BCUT2D eigenvalue weighted by atomic mass is 16.5. The number of anilines is 1. The van der Waals surface area contributed by atoms with E-state index in [1.807, 2.05) is 24.3 Å². The fourth-order valence-electron chi connectivity index (χ4n) is 3.22. The quantitative estimate of drug-likeness (QED) is 0.674. The number of ether oxygens (including phenoxy) is 1. The van der Waals surface area contributed by atoms with E-state index in [1.165, 1.54) is 6.42 Å². The molecule has 29 heavy (non-hydrogen) atoms. The SMILES string of the molecule is O=C(Nc1ccc(OC2=CCCCC2)cc1)c1cc(-c2ccncc2)c[nH]c1=O. The van der Waals surface area contributed by atoms with Crippen LogP contribution in [0.4, 0.5) is 5.69 Å². The molecule has 4 rings (SSSR count). The van der Waals surface area contributed by atoms with Crippen LogP contribution >= 0.6 is 0 Å². The van der Waals surface area contributed by atoms with Gasteiger partial charge in [0.15, 0.2) is 0 Å². The van der Waals surface area contributed by atoms with Crippen LogP contribution < -0.4 is 15.6 Å². The number of carbonyl (C=O) groups excluding carboxylic acids is 1. The third kappa shape index (κ3) is 4.60. The van der Waals surface area contributed by atoms with E-state index in [9.17, 15) is 9.59 Å². The zero-order valence-corrected chi connectivity index (χ0v) is 15.9. The number of carbonyl (C=O) groups is 1. The minimum Gasteiger partial charge on any atom is -0.462 e. The number of rotatable bonds is 5. The molecule has 0 atom stereocenters. The van der Waals surface area contributed by atoms with Gasteiger partial charge in [-0.15, -0.1) is 0 Å². The van der Waals surface area contributed by atoms with Gasteiger partial charge in [-0.3, -0.25) is 14.6 Å². The van der Waals surface area contributed by atoms with Crippen molar-refractivity contribution in [3.05, 3.63) is 88.8 Å². The molecule has 6 nitrogen and oxygen atoms in total. The summed E-state index contributed by atoms with van der Waals surface area (Å²) in [6.07, 6.45) is 11.4. The molecule has 0 aliphatic heterocycles. The summed E-state index contributed by atoms with van der Waals surface area (Å²) in [5.41, 5.74) is 1.80. The van der Waals surface area contributed by atoms with Gasteiger partial charge in [-0.05, 0) is 78.9 Å². The lowest BCUT2D eigenvalue weighted by atomic mass is 10.1. The lowest BCUT2D eigenvalue weighted by molar-refractivity contribution is 0.102. The van der Waals surface area contributed by atoms with Crippen molar-refractivity contribution in [2.75, 3.05) is 5.32 Å². The van der Waals surface area contributed by atoms with Crippen LogP contribution in [0.1, 0.15) is 36.0 Å². The van der Waals surface area contributed by atoms with Gasteiger partial charge in [0.2, 0.25) is 0 Å². The topological polar surface area (TPSA) is 84.1 Å². The summed E-state index contributed by atoms with van der Waals surface area (Å²) in [6.45, 7) is 0. The first-order chi connectivity index (χ1) is 14.2. The Morgan fingerprint density at radius 1 is 1.03 bits per heavy atom. The number of hydrogen-bond acceptors (Lipinski definition) is 4. The number of H-pyrrole nitrogens is 1. The Bertz CT molecular complexity index is 1090. The molecule has 146 valence electrons. The first-order valence-electron chi connectivity index (χ1n) is 9.60. The molecule has 0 bridgehead atoms. The van der Waals surface area contributed by atoms with Crippen molar-refractivity contribution in [1.29, 1.82) is 0 Å². The monoisotopic (exact) mass is 387 g/mol. The Kier molecular flexibility index (Phi) is 5.52. The van der Waals surface area contributed by atoms with Gasteiger partial charge in [0.1, 0.15) is 17.1 Å². The van der Waals surface area contributed by atoms with Gasteiger partial charge in [0.25, 0.3) is 11.5 Å². The number of pyridine rings is 2. The molecule has 3 aromatic rings. The van der Waals surface area contributed by atoms with Gasteiger partial charge < -0.3 is 15.0 Å². The summed E-state index contributed by atoms with van der Waals surface area (Å²) in [6, 6.07) is 12.3. The number of allylic oxidation sites excluding steroid dienone is 2. The zero-order valence-electron chi connectivity index (χ0n) is 15.9. The molecule has 0 saturated carbocycles. The van der Waals surface area contributed by atoms with Crippen LogP contribution in [0.25, 0.3) is 11.1 Å². The second-order valence-corrected chi connectivity index (χ2v) is 6.86. The van der Waals surface area contributed by atoms with E-state index < -0.39 is 11.5 Å². The maximum absolute atomic E-state index is 12.6. The van der Waals surface area contributed by atoms with Crippen molar-refractivity contribution in [2.24, 2.45) is 0 Å². The molecule has 2 N–H and O–H groups in total. The number of aromatic amines is 1. The van der Waals surface area contributed by atoms with Gasteiger partial charge in [-0.1, -0.05) is 0 Å². The molecule has 1 aromatic carbocycles. The molecule has 1 amide bonds. The zero-order chi connectivity index (χ0) is 20.1. The predicted octanol–water partition coefficient (Wildman–Crippen LogP) is 4.53. The lowest BCUT2D eigenvalue weighted by Gasteiger charge is -2.14. The van der Waals surface area contributed by atoms with Crippen molar-refractivity contribution >= 4 is 11.6 Å². The van der Waals surface area contributed by atoms with Crippen LogP contribution in [-0.2, 0) is 0 Å². The normalized spacial score (nSPS) is 13.4. The average Bonchev–Trinajstić information content (AvgIpc) is 2.77. The molecule has 2 aromatic heterocycles. The van der Waals surface area contributed by atoms with Crippen LogP contribution in [0.3, 0.4) is 0 Å². The van der Waals surface area contributed by atoms with Gasteiger partial charge in [-0.25, -0.2) is 0 Å². The standard InChI is InChI=1S/C23H21N3O3/c27-22-21(14-17(15-25-22)16-10-12-24-13-11-16)23(28)26-18-6-8-20(9-7-18)29-19-4-2-1-3-5-19/h4,6-15H,1-3,5H2,(H,25,27)(H,26,28). The Hall–Kier alpha value is -3.67. The molecule has 1 aliphatic rings. The molecular weight excluding hydrogens is 366 g/mol. The van der Waals surface area contributed by atoms with Gasteiger partial charge >= 0.3 is 0 Å². The first kappa shape index (κ1) is 18.7. The van der Waals surface area contributed by atoms with E-state index in [-0.39, 0.29) is 5.56 Å². The minimum atomic E-state index is -0.467. The van der Waals surface area contributed by atoms with E-state index in [4.69, 9.17) is 4.74 Å². The number of benzene rings is 1. The molecule has 0 unspecified atom stereocenters. The number of amides is 1. The minimum absolute atomic E-state index is 0.0481. The average molecular weight is 387 g/mol. The molecular formula is C23H21N3O3. The highest BCUT2D eigenvalue weighted by Crippen LogP contribution is 2.24.